The molecule has 0 heterocycles. The second-order valence-corrected chi connectivity index (χ2v) is 4.25. The summed E-state index contributed by atoms with van der Waals surface area (Å²) < 4.78 is 5.16. The number of carbonyl (C=O) groups excluding carboxylic acids is 1. The topological polar surface area (TPSA) is 77.1 Å². The lowest BCUT2D eigenvalue weighted by Gasteiger charge is -2.18. The van der Waals surface area contributed by atoms with Crippen molar-refractivity contribution in [2.45, 2.75) is 27.2 Å². The number of hydrogen-bond acceptors (Lipinski definition) is 5. The molecule has 0 aromatic heterocycles. The minimum Gasteiger partial charge on any atom is -0.464 e. The molecule has 5 nitrogen and oxygen atoms in total. The molecule has 0 saturated carbocycles. The highest BCUT2D eigenvalue weighted by molar-refractivity contribution is 5.71. The van der Waals surface area contributed by atoms with Gasteiger partial charge in [0.05, 0.1) is 12.5 Å². The van der Waals surface area contributed by atoms with Crippen molar-refractivity contribution >= 4 is 5.97 Å². The standard InChI is InChI=1S/C15H21N3O2/c1-4-13(3)15(19)20-10-9-18(5-2)8-6-7-14(11-16)12-17/h6-8,13H,4-5,9-10H2,1-3H3/b8-6+. The van der Waals surface area contributed by atoms with Crippen LogP contribution < -0.4 is 0 Å². The molecule has 1 atom stereocenters. The van der Waals surface area contributed by atoms with E-state index >= 15 is 0 Å². The molecule has 0 spiro atoms. The number of allylic oxidation sites excluding steroid dienone is 3. The molecule has 0 aliphatic carbocycles. The molecule has 0 radical (unpaired) electrons. The smallest absolute Gasteiger partial charge is 0.308 e. The van der Waals surface area contributed by atoms with E-state index in [1.165, 1.54) is 6.08 Å². The van der Waals surface area contributed by atoms with Crippen molar-refractivity contribution in [1.82, 2.24) is 4.90 Å². The summed E-state index contributed by atoms with van der Waals surface area (Å²) in [5.41, 5.74) is 0.0560. The van der Waals surface area contributed by atoms with Crippen molar-refractivity contribution in [3.8, 4) is 12.1 Å². The van der Waals surface area contributed by atoms with E-state index < -0.39 is 0 Å². The van der Waals surface area contributed by atoms with E-state index in [1.54, 1.807) is 24.4 Å². The maximum Gasteiger partial charge on any atom is 0.308 e. The quantitative estimate of drug-likeness (QED) is 0.386. The van der Waals surface area contributed by atoms with E-state index in [-0.39, 0.29) is 17.5 Å². The van der Waals surface area contributed by atoms with Gasteiger partial charge < -0.3 is 9.64 Å². The highest BCUT2D eigenvalue weighted by Gasteiger charge is 2.11. The molecule has 0 saturated heterocycles. The van der Waals surface area contributed by atoms with Crippen molar-refractivity contribution in [2.24, 2.45) is 5.92 Å². The van der Waals surface area contributed by atoms with Crippen molar-refractivity contribution in [2.75, 3.05) is 19.7 Å². The highest BCUT2D eigenvalue weighted by atomic mass is 16.5. The van der Waals surface area contributed by atoms with Crippen LogP contribution in [-0.4, -0.2) is 30.6 Å². The third-order valence-electron chi connectivity index (χ3n) is 2.84. The second-order valence-electron chi connectivity index (χ2n) is 4.25. The fourth-order valence-electron chi connectivity index (χ4n) is 1.27. The van der Waals surface area contributed by atoms with Crippen LogP contribution in [0.25, 0.3) is 0 Å². The third kappa shape index (κ3) is 7.23. The molecule has 0 bridgehead atoms. The zero-order valence-electron chi connectivity index (χ0n) is 12.3. The number of hydrogen-bond donors (Lipinski definition) is 0. The molecule has 1 unspecified atom stereocenters. The van der Waals surface area contributed by atoms with Gasteiger partial charge in [-0.3, -0.25) is 4.79 Å². The molecule has 0 N–H and O–H groups in total. The summed E-state index contributed by atoms with van der Waals surface area (Å²) in [4.78, 5) is 13.4. The SMILES string of the molecule is CCC(C)C(=O)OCCN(/C=C/C=C(C#N)C#N)CC. The van der Waals surface area contributed by atoms with Crippen molar-refractivity contribution < 1.29 is 9.53 Å². The summed E-state index contributed by atoms with van der Waals surface area (Å²) in [6.45, 7) is 7.42. The Morgan fingerprint density at radius 3 is 2.50 bits per heavy atom. The van der Waals surface area contributed by atoms with Gasteiger partial charge in [-0.15, -0.1) is 0 Å². The maximum atomic E-state index is 11.5. The van der Waals surface area contributed by atoms with Crippen molar-refractivity contribution in [3.63, 3.8) is 0 Å². The lowest BCUT2D eigenvalue weighted by molar-refractivity contribution is -0.148. The van der Waals surface area contributed by atoms with Gasteiger partial charge in [0.1, 0.15) is 24.3 Å². The Balaban J connectivity index is 4.22. The first-order valence-corrected chi connectivity index (χ1v) is 6.68. The number of nitrogens with zero attached hydrogens (tertiary/aromatic N) is 3. The summed E-state index contributed by atoms with van der Waals surface area (Å²) in [6, 6.07) is 3.56. The Morgan fingerprint density at radius 2 is 2.00 bits per heavy atom. The fourth-order valence-corrected chi connectivity index (χ4v) is 1.27. The summed E-state index contributed by atoms with van der Waals surface area (Å²) in [5, 5.41) is 17.2. The Kier molecular flexibility index (Phi) is 9.43. The van der Waals surface area contributed by atoms with Crippen LogP contribution >= 0.6 is 0 Å². The van der Waals surface area contributed by atoms with Gasteiger partial charge in [0.2, 0.25) is 0 Å². The van der Waals surface area contributed by atoms with E-state index in [1.807, 2.05) is 25.7 Å². The number of rotatable bonds is 8. The van der Waals surface area contributed by atoms with Crippen LogP contribution in [0.3, 0.4) is 0 Å². The molecule has 0 amide bonds. The average Bonchev–Trinajstić information content (AvgIpc) is 2.48. The highest BCUT2D eigenvalue weighted by Crippen LogP contribution is 2.03. The Labute approximate surface area is 120 Å². The van der Waals surface area contributed by atoms with Gasteiger partial charge in [-0.05, 0) is 31.7 Å². The summed E-state index contributed by atoms with van der Waals surface area (Å²) >= 11 is 0. The number of nitriles is 2. The van der Waals surface area contributed by atoms with Gasteiger partial charge in [0.15, 0.2) is 0 Å². The van der Waals surface area contributed by atoms with E-state index in [2.05, 4.69) is 0 Å². The van der Waals surface area contributed by atoms with Crippen molar-refractivity contribution in [1.29, 1.82) is 10.5 Å². The van der Waals surface area contributed by atoms with E-state index in [0.29, 0.717) is 13.2 Å². The van der Waals surface area contributed by atoms with E-state index in [4.69, 9.17) is 15.3 Å². The fraction of sp³-hybridized carbons (Fsp3) is 0.533. The van der Waals surface area contributed by atoms with Gasteiger partial charge in [0, 0.05) is 6.54 Å². The van der Waals surface area contributed by atoms with E-state index in [9.17, 15) is 4.79 Å². The number of likely N-dealkylation sites (N-methyl/N-ethyl adjacent to an activating group) is 1. The van der Waals surface area contributed by atoms with Crippen LogP contribution in [-0.2, 0) is 9.53 Å². The van der Waals surface area contributed by atoms with Crippen LogP contribution in [0, 0.1) is 28.6 Å². The van der Waals surface area contributed by atoms with E-state index in [0.717, 1.165) is 13.0 Å². The number of carbonyl (C=O) groups is 1. The van der Waals surface area contributed by atoms with Crippen LogP contribution in [0.1, 0.15) is 27.2 Å². The monoisotopic (exact) mass is 275 g/mol. The second kappa shape index (κ2) is 10.6. The Morgan fingerprint density at radius 1 is 1.35 bits per heavy atom. The lowest BCUT2D eigenvalue weighted by Crippen LogP contribution is -2.24. The average molecular weight is 275 g/mol. The molecular weight excluding hydrogens is 254 g/mol. The van der Waals surface area contributed by atoms with Crippen LogP contribution in [0.4, 0.5) is 0 Å². The number of ether oxygens (including phenoxy) is 1. The summed E-state index contributed by atoms with van der Waals surface area (Å²) in [6.07, 6.45) is 5.63. The van der Waals surface area contributed by atoms with Gasteiger partial charge in [0.25, 0.3) is 0 Å². The Hall–Kier alpha value is -2.27. The molecular formula is C15H21N3O2. The number of esters is 1. The summed E-state index contributed by atoms with van der Waals surface area (Å²) in [7, 11) is 0. The lowest BCUT2D eigenvalue weighted by atomic mass is 10.1. The first kappa shape index (κ1) is 17.7. The van der Waals surface area contributed by atoms with Crippen molar-refractivity contribution in [3.05, 3.63) is 23.9 Å². The maximum absolute atomic E-state index is 11.5. The largest absolute Gasteiger partial charge is 0.464 e. The zero-order chi connectivity index (χ0) is 15.4. The minimum absolute atomic E-state index is 0.0560. The predicted molar refractivity (Wildman–Crippen MR) is 76.1 cm³/mol. The molecule has 20 heavy (non-hydrogen) atoms. The zero-order valence-corrected chi connectivity index (χ0v) is 12.3. The van der Waals surface area contributed by atoms with Gasteiger partial charge >= 0.3 is 5.97 Å². The molecule has 0 aliphatic heterocycles. The van der Waals surface area contributed by atoms with Crippen LogP contribution in [0.15, 0.2) is 23.9 Å². The molecule has 5 heteroatoms. The first-order chi connectivity index (χ1) is 9.58. The molecule has 0 aliphatic rings. The Bertz CT molecular complexity index is 425. The van der Waals surface area contributed by atoms with Gasteiger partial charge in [-0.2, -0.15) is 10.5 Å². The molecule has 0 aromatic rings. The molecule has 108 valence electrons. The van der Waals surface area contributed by atoms with Gasteiger partial charge in [-0.1, -0.05) is 13.8 Å². The first-order valence-electron chi connectivity index (χ1n) is 6.68. The molecule has 0 rings (SSSR count). The van der Waals surface area contributed by atoms with Crippen LogP contribution in [0.2, 0.25) is 0 Å². The summed E-state index contributed by atoms with van der Waals surface area (Å²) in [5.74, 6) is -0.249. The minimum atomic E-state index is -0.177. The normalized spacial score (nSPS) is 11.2. The molecule has 0 aromatic carbocycles. The molecule has 0 fully saturated rings. The van der Waals surface area contributed by atoms with Gasteiger partial charge in [-0.25, -0.2) is 0 Å². The predicted octanol–water partition coefficient (Wildman–Crippen LogP) is 2.38. The third-order valence-corrected chi connectivity index (χ3v) is 2.84. The van der Waals surface area contributed by atoms with Crippen LogP contribution in [0.5, 0.6) is 0 Å².